The smallest absolute Gasteiger partial charge is 0.252 e. The highest BCUT2D eigenvalue weighted by atomic mass is 16.3. The largest absolute Gasteiger partial charge is 0.508 e. The van der Waals surface area contributed by atoms with Gasteiger partial charge in [-0.1, -0.05) is 18.2 Å². The van der Waals surface area contributed by atoms with E-state index >= 15 is 0 Å². The van der Waals surface area contributed by atoms with Crippen molar-refractivity contribution in [2.24, 2.45) is 0 Å². The molecule has 0 fully saturated rings. The third-order valence-electron chi connectivity index (χ3n) is 3.52. The summed E-state index contributed by atoms with van der Waals surface area (Å²) in [4.78, 5) is 23.9. The van der Waals surface area contributed by atoms with Gasteiger partial charge in [0.25, 0.3) is 6.29 Å². The fourth-order valence-electron chi connectivity index (χ4n) is 2.54. The first-order valence-electron chi connectivity index (χ1n) is 6.45. The zero-order chi connectivity index (χ0) is 15.0. The number of benzene rings is 1. The van der Waals surface area contributed by atoms with Gasteiger partial charge in [-0.2, -0.15) is 0 Å². The van der Waals surface area contributed by atoms with Gasteiger partial charge in [0.05, 0.1) is 11.1 Å². The van der Waals surface area contributed by atoms with Crippen LogP contribution in [-0.4, -0.2) is 21.6 Å². The van der Waals surface area contributed by atoms with Gasteiger partial charge in [0.1, 0.15) is 11.4 Å². The molecule has 3 aromatic rings. The zero-order valence-electron chi connectivity index (χ0n) is 11.3. The molecule has 0 aliphatic rings. The van der Waals surface area contributed by atoms with Crippen LogP contribution in [0.15, 0.2) is 48.7 Å². The third-order valence-corrected chi connectivity index (χ3v) is 3.52. The number of hydrogen-bond donors (Lipinski definition) is 1. The molecule has 0 amide bonds. The highest BCUT2D eigenvalue weighted by molar-refractivity contribution is 6.15. The minimum atomic E-state index is -0.228. The molecule has 103 valence electrons. The lowest BCUT2D eigenvalue weighted by Crippen LogP contribution is -2.02. The molecule has 0 aliphatic heterocycles. The van der Waals surface area contributed by atoms with Crippen LogP contribution in [-0.2, 0) is 4.79 Å². The molecule has 0 spiro atoms. The molecule has 0 atom stereocenters. The van der Waals surface area contributed by atoms with Crippen LogP contribution in [0.1, 0.15) is 27.2 Å². The maximum absolute atomic E-state index is 12.7. The van der Waals surface area contributed by atoms with E-state index in [0.29, 0.717) is 27.9 Å². The molecule has 1 aromatic carbocycles. The van der Waals surface area contributed by atoms with Crippen LogP contribution in [0.25, 0.3) is 5.52 Å². The molecule has 0 bridgehead atoms. The molecule has 0 unspecified atom stereocenters. The molecular formula is C17H12NO3. The Morgan fingerprint density at radius 2 is 2.00 bits per heavy atom. The predicted octanol–water partition coefficient (Wildman–Crippen LogP) is 2.64. The van der Waals surface area contributed by atoms with Crippen molar-refractivity contribution in [2.45, 2.75) is 6.92 Å². The number of carbonyl (C=O) groups excluding carboxylic acids is 2. The summed E-state index contributed by atoms with van der Waals surface area (Å²) in [6.07, 6.45) is 3.61. The second kappa shape index (κ2) is 4.90. The highest BCUT2D eigenvalue weighted by Gasteiger charge is 2.21. The summed E-state index contributed by atoms with van der Waals surface area (Å²) in [5, 5.41) is 9.52. The molecule has 0 aliphatic carbocycles. The Hall–Kier alpha value is -2.88. The monoisotopic (exact) mass is 278 g/mol. The molecule has 4 heteroatoms. The lowest BCUT2D eigenvalue weighted by Gasteiger charge is -2.02. The number of phenols is 1. The number of pyridine rings is 1. The van der Waals surface area contributed by atoms with E-state index in [1.165, 1.54) is 12.1 Å². The Morgan fingerprint density at radius 1 is 1.19 bits per heavy atom. The van der Waals surface area contributed by atoms with Gasteiger partial charge in [-0.15, -0.1) is 0 Å². The van der Waals surface area contributed by atoms with Gasteiger partial charge in [0.2, 0.25) is 0 Å². The van der Waals surface area contributed by atoms with Gasteiger partial charge in [-0.25, -0.2) is 0 Å². The second-order valence-corrected chi connectivity index (χ2v) is 4.79. The van der Waals surface area contributed by atoms with Crippen molar-refractivity contribution in [3.05, 3.63) is 71.0 Å². The number of hydrogen-bond acceptors (Lipinski definition) is 3. The lowest BCUT2D eigenvalue weighted by molar-refractivity contribution is 0.103. The van der Waals surface area contributed by atoms with Gasteiger partial charge in [-0.3, -0.25) is 9.59 Å². The van der Waals surface area contributed by atoms with Crippen LogP contribution in [0.4, 0.5) is 0 Å². The topological polar surface area (TPSA) is 58.8 Å². The molecule has 21 heavy (non-hydrogen) atoms. The molecular weight excluding hydrogens is 266 g/mol. The van der Waals surface area contributed by atoms with E-state index in [9.17, 15) is 14.7 Å². The van der Waals surface area contributed by atoms with E-state index in [1.807, 2.05) is 12.4 Å². The van der Waals surface area contributed by atoms with E-state index in [4.69, 9.17) is 0 Å². The van der Waals surface area contributed by atoms with Crippen molar-refractivity contribution in [3.8, 4) is 5.75 Å². The fourth-order valence-corrected chi connectivity index (χ4v) is 2.54. The van der Waals surface area contributed by atoms with Crippen LogP contribution < -0.4 is 0 Å². The minimum absolute atomic E-state index is 0.0317. The van der Waals surface area contributed by atoms with E-state index in [2.05, 4.69) is 0 Å². The lowest BCUT2D eigenvalue weighted by atomic mass is 10.00. The van der Waals surface area contributed by atoms with Crippen molar-refractivity contribution in [1.29, 1.82) is 0 Å². The number of rotatable bonds is 3. The number of aromatic nitrogens is 1. The third kappa shape index (κ3) is 2.01. The Balaban J connectivity index is 2.28. The van der Waals surface area contributed by atoms with Crippen LogP contribution >= 0.6 is 0 Å². The maximum atomic E-state index is 12.7. The summed E-state index contributed by atoms with van der Waals surface area (Å²) in [5.41, 5.74) is 2.42. The molecule has 3 rings (SSSR count). The summed E-state index contributed by atoms with van der Waals surface area (Å²) in [6, 6.07) is 11.5. The molecule has 2 heterocycles. The summed E-state index contributed by atoms with van der Waals surface area (Å²) in [5.74, 6) is -0.196. The van der Waals surface area contributed by atoms with Crippen molar-refractivity contribution >= 4 is 17.6 Å². The maximum Gasteiger partial charge on any atom is 0.252 e. The van der Waals surface area contributed by atoms with Crippen LogP contribution in [0.3, 0.4) is 0 Å². The summed E-state index contributed by atoms with van der Waals surface area (Å²) in [6.45, 7) is 1.73. The van der Waals surface area contributed by atoms with Crippen LogP contribution in [0.2, 0.25) is 0 Å². The Morgan fingerprint density at radius 3 is 2.71 bits per heavy atom. The summed E-state index contributed by atoms with van der Waals surface area (Å²) < 4.78 is 1.65. The number of aromatic hydroxyl groups is 1. The van der Waals surface area contributed by atoms with Gasteiger partial charge in [-0.05, 0) is 36.8 Å². The number of ketones is 1. The fraction of sp³-hybridized carbons (Fsp3) is 0.0588. The second-order valence-electron chi connectivity index (χ2n) is 4.79. The Bertz CT molecular complexity index is 862. The van der Waals surface area contributed by atoms with E-state index in [-0.39, 0.29) is 11.5 Å². The van der Waals surface area contributed by atoms with E-state index in [0.717, 1.165) is 0 Å². The highest BCUT2D eigenvalue weighted by Crippen LogP contribution is 2.25. The average molecular weight is 278 g/mol. The Kier molecular flexibility index (Phi) is 3.06. The van der Waals surface area contributed by atoms with Gasteiger partial charge in [0.15, 0.2) is 5.78 Å². The van der Waals surface area contributed by atoms with Crippen LogP contribution in [0.5, 0.6) is 5.75 Å². The number of fused-ring (bicyclic) bond motifs is 1. The molecule has 2 aromatic heterocycles. The van der Waals surface area contributed by atoms with E-state index < -0.39 is 0 Å². The number of nitrogens with zero attached hydrogens (tertiary/aromatic N) is 1. The van der Waals surface area contributed by atoms with Crippen molar-refractivity contribution < 1.29 is 14.7 Å². The Labute approximate surface area is 121 Å². The number of carbonyl (C=O) groups is 1. The molecule has 4 nitrogen and oxygen atoms in total. The molecule has 0 saturated carbocycles. The molecule has 0 saturated heterocycles. The summed E-state index contributed by atoms with van der Waals surface area (Å²) >= 11 is 0. The molecule has 1 N–H and O–H groups in total. The first-order valence-corrected chi connectivity index (χ1v) is 6.45. The van der Waals surface area contributed by atoms with Crippen molar-refractivity contribution in [1.82, 2.24) is 4.40 Å². The summed E-state index contributed by atoms with van der Waals surface area (Å²) in [7, 11) is 0. The average Bonchev–Trinajstić information content (AvgIpc) is 2.78. The standard InChI is InChI=1S/C17H12NO3/c1-11-15(10-19)18-8-3-2-7-14(18)16(11)17(21)12-5-4-6-13(20)9-12/h2-9,20H,1H3. The van der Waals surface area contributed by atoms with Gasteiger partial charge < -0.3 is 9.51 Å². The molecule has 1 radical (unpaired) electrons. The minimum Gasteiger partial charge on any atom is -0.508 e. The predicted molar refractivity (Wildman–Crippen MR) is 78.5 cm³/mol. The SMILES string of the molecule is Cc1c(C(=O)c2cccc(O)c2)c2ccccn2c1[C]=O. The quantitative estimate of drug-likeness (QED) is 0.749. The number of phenolic OH excluding ortho intramolecular Hbond substituents is 1. The van der Waals surface area contributed by atoms with Gasteiger partial charge >= 0.3 is 0 Å². The first-order chi connectivity index (χ1) is 10.1. The normalized spacial score (nSPS) is 10.7. The van der Waals surface area contributed by atoms with Crippen molar-refractivity contribution in [3.63, 3.8) is 0 Å². The zero-order valence-corrected chi connectivity index (χ0v) is 11.3. The van der Waals surface area contributed by atoms with Gasteiger partial charge in [0, 0.05) is 11.8 Å². The van der Waals surface area contributed by atoms with Crippen LogP contribution in [0, 0.1) is 6.92 Å². The van der Waals surface area contributed by atoms with E-state index in [1.54, 1.807) is 41.8 Å². The first kappa shape index (κ1) is 13.1. The van der Waals surface area contributed by atoms with Crippen molar-refractivity contribution in [2.75, 3.05) is 0 Å².